The Balaban J connectivity index is 0.000000968. The standard InChI is InChI=1S/C21H27N3O4S2.C2H7N/c1-29-13-8-19-20(25)24(15-16-6-7-17-4-2-3-5-18(17)14-16)21(22-19)9-11-23(12-10-21)30(26,27)28;1-3-2/h2-7,14,19,22H,8-13,15H2,1H3,(H,26,27,28);3H,1-2H3. The van der Waals surface area contributed by atoms with E-state index in [-0.39, 0.29) is 25.0 Å². The third-order valence-electron chi connectivity index (χ3n) is 6.16. The fourth-order valence-corrected chi connectivity index (χ4v) is 5.66. The summed E-state index contributed by atoms with van der Waals surface area (Å²) in [6.45, 7) is 0.837. The first kappa shape index (κ1) is 25.9. The zero-order chi connectivity index (χ0) is 24.1. The van der Waals surface area contributed by atoms with Gasteiger partial charge in [-0.3, -0.25) is 14.7 Å². The highest BCUT2D eigenvalue weighted by Gasteiger charge is 2.51. The van der Waals surface area contributed by atoms with Crippen LogP contribution in [-0.4, -0.2) is 79.0 Å². The lowest BCUT2D eigenvalue weighted by molar-refractivity contribution is -0.134. The van der Waals surface area contributed by atoms with Crippen molar-refractivity contribution in [3.05, 3.63) is 48.0 Å². The summed E-state index contributed by atoms with van der Waals surface area (Å²) >= 11 is 1.70. The second-order valence-electron chi connectivity index (χ2n) is 8.49. The Bertz CT molecular complexity index is 1060. The highest BCUT2D eigenvalue weighted by atomic mass is 32.2. The van der Waals surface area contributed by atoms with Crippen molar-refractivity contribution in [3.63, 3.8) is 0 Å². The summed E-state index contributed by atoms with van der Waals surface area (Å²) in [5.74, 6) is 0.943. The van der Waals surface area contributed by atoms with E-state index in [2.05, 4.69) is 34.9 Å². The van der Waals surface area contributed by atoms with Crippen molar-refractivity contribution in [1.82, 2.24) is 19.8 Å². The van der Waals surface area contributed by atoms with Gasteiger partial charge in [-0.15, -0.1) is 0 Å². The number of piperidine rings is 1. The van der Waals surface area contributed by atoms with E-state index in [1.54, 1.807) is 11.8 Å². The number of fused-ring (bicyclic) bond motifs is 1. The zero-order valence-electron chi connectivity index (χ0n) is 19.5. The molecule has 1 amide bonds. The molecule has 1 atom stereocenters. The zero-order valence-corrected chi connectivity index (χ0v) is 21.1. The third kappa shape index (κ3) is 6.06. The summed E-state index contributed by atoms with van der Waals surface area (Å²) in [5, 5.41) is 8.56. The van der Waals surface area contributed by atoms with E-state index < -0.39 is 16.0 Å². The predicted molar refractivity (Wildman–Crippen MR) is 134 cm³/mol. The molecule has 0 radical (unpaired) electrons. The minimum absolute atomic E-state index is 0.0671. The Kier molecular flexibility index (Phi) is 8.76. The number of amides is 1. The van der Waals surface area contributed by atoms with Crippen LogP contribution in [0, 0.1) is 0 Å². The van der Waals surface area contributed by atoms with Gasteiger partial charge in [-0.05, 0) is 67.8 Å². The number of carbonyl (C=O) groups is 1. The molecule has 2 fully saturated rings. The second-order valence-corrected chi connectivity index (χ2v) is 10.9. The first-order chi connectivity index (χ1) is 15.7. The van der Waals surface area contributed by atoms with Crippen molar-refractivity contribution >= 4 is 38.7 Å². The lowest BCUT2D eigenvalue weighted by atomic mass is 9.96. The molecule has 3 N–H and O–H groups in total. The van der Waals surface area contributed by atoms with Crippen LogP contribution in [0.5, 0.6) is 0 Å². The quantitative estimate of drug-likeness (QED) is 0.530. The van der Waals surface area contributed by atoms with Crippen molar-refractivity contribution in [2.75, 3.05) is 39.2 Å². The van der Waals surface area contributed by atoms with E-state index in [0.717, 1.165) is 32.8 Å². The molecule has 33 heavy (non-hydrogen) atoms. The van der Waals surface area contributed by atoms with Crippen LogP contribution in [-0.2, 0) is 21.6 Å². The van der Waals surface area contributed by atoms with E-state index in [1.165, 1.54) is 0 Å². The molecule has 2 aromatic rings. The summed E-state index contributed by atoms with van der Waals surface area (Å²) in [6, 6.07) is 14.1. The van der Waals surface area contributed by atoms with Crippen LogP contribution < -0.4 is 10.6 Å². The highest BCUT2D eigenvalue weighted by molar-refractivity contribution is 7.98. The lowest BCUT2D eigenvalue weighted by Gasteiger charge is -2.43. The maximum Gasteiger partial charge on any atom is 0.335 e. The largest absolute Gasteiger partial charge is 0.335 e. The highest BCUT2D eigenvalue weighted by Crippen LogP contribution is 2.35. The third-order valence-corrected chi connectivity index (χ3v) is 7.83. The van der Waals surface area contributed by atoms with Crippen LogP contribution in [0.3, 0.4) is 0 Å². The van der Waals surface area contributed by atoms with Gasteiger partial charge in [0.05, 0.1) is 11.7 Å². The summed E-state index contributed by atoms with van der Waals surface area (Å²) in [7, 11) is -0.465. The van der Waals surface area contributed by atoms with Gasteiger partial charge >= 0.3 is 10.3 Å². The van der Waals surface area contributed by atoms with E-state index in [9.17, 15) is 17.8 Å². The molecule has 1 unspecified atom stereocenters. The number of nitrogens with one attached hydrogen (secondary N) is 2. The van der Waals surface area contributed by atoms with Crippen molar-refractivity contribution in [2.24, 2.45) is 0 Å². The lowest BCUT2D eigenvalue weighted by Crippen LogP contribution is -2.59. The molecule has 2 aromatic carbocycles. The molecule has 182 valence electrons. The molecule has 2 heterocycles. The van der Waals surface area contributed by atoms with Crippen molar-refractivity contribution in [3.8, 4) is 0 Å². The Morgan fingerprint density at radius 1 is 1.15 bits per heavy atom. The second kappa shape index (κ2) is 11.2. The van der Waals surface area contributed by atoms with Gasteiger partial charge in [0, 0.05) is 19.6 Å². The molecular weight excluding hydrogens is 460 g/mol. The molecule has 4 rings (SSSR count). The average Bonchev–Trinajstić information content (AvgIpc) is 3.03. The number of rotatable bonds is 6. The minimum atomic E-state index is -4.22. The van der Waals surface area contributed by atoms with Crippen LogP contribution in [0.1, 0.15) is 24.8 Å². The maximum atomic E-state index is 13.3. The van der Waals surface area contributed by atoms with Crippen molar-refractivity contribution in [1.29, 1.82) is 0 Å². The van der Waals surface area contributed by atoms with Crippen LogP contribution in [0.2, 0.25) is 0 Å². The normalized spacial score (nSPS) is 20.8. The van der Waals surface area contributed by atoms with Gasteiger partial charge in [-0.25, -0.2) is 0 Å². The molecule has 0 saturated carbocycles. The van der Waals surface area contributed by atoms with E-state index >= 15 is 0 Å². The molecule has 10 heteroatoms. The Labute approximate surface area is 201 Å². The van der Waals surface area contributed by atoms with Gasteiger partial charge in [-0.2, -0.15) is 24.5 Å². The van der Waals surface area contributed by atoms with Crippen LogP contribution in [0.4, 0.5) is 0 Å². The van der Waals surface area contributed by atoms with Gasteiger partial charge in [0.25, 0.3) is 0 Å². The summed E-state index contributed by atoms with van der Waals surface area (Å²) in [6.07, 6.45) is 3.65. The summed E-state index contributed by atoms with van der Waals surface area (Å²) < 4.78 is 33.5. The number of carbonyl (C=O) groups excluding carboxylic acids is 1. The van der Waals surface area contributed by atoms with Crippen LogP contribution >= 0.6 is 11.8 Å². The average molecular weight is 495 g/mol. The number of benzene rings is 2. The van der Waals surface area contributed by atoms with Crippen molar-refractivity contribution < 1.29 is 17.8 Å². The molecule has 2 saturated heterocycles. The molecule has 1 spiro atoms. The smallest absolute Gasteiger partial charge is 0.323 e. The van der Waals surface area contributed by atoms with Gasteiger partial charge in [-0.1, -0.05) is 36.4 Å². The molecule has 0 aromatic heterocycles. The Hall–Kier alpha value is -1.69. The first-order valence-electron chi connectivity index (χ1n) is 11.1. The minimum Gasteiger partial charge on any atom is -0.323 e. The summed E-state index contributed by atoms with van der Waals surface area (Å²) in [4.78, 5) is 15.2. The monoisotopic (exact) mass is 494 g/mol. The van der Waals surface area contributed by atoms with E-state index in [0.29, 0.717) is 19.4 Å². The molecule has 8 nitrogen and oxygen atoms in total. The molecule has 0 bridgehead atoms. The number of nitrogens with zero attached hydrogens (tertiary/aromatic N) is 2. The molecule has 0 aliphatic carbocycles. The van der Waals surface area contributed by atoms with E-state index in [1.807, 2.05) is 43.5 Å². The van der Waals surface area contributed by atoms with Crippen molar-refractivity contribution in [2.45, 2.75) is 37.5 Å². The number of hydrogen-bond donors (Lipinski definition) is 3. The SMILES string of the molecule is CNC.CSCCC1NC2(CCN(S(=O)(=O)O)CC2)N(Cc2ccc3ccccc3c2)C1=O. The fraction of sp³-hybridized carbons (Fsp3) is 0.522. The number of thioether (sulfide) groups is 1. The molecule has 2 aliphatic heterocycles. The van der Waals surface area contributed by atoms with Gasteiger partial charge in [0.15, 0.2) is 0 Å². The topological polar surface area (TPSA) is 102 Å². The molecular formula is C23H34N4O4S2. The Morgan fingerprint density at radius 3 is 2.39 bits per heavy atom. The number of hydrogen-bond acceptors (Lipinski definition) is 6. The molecule has 2 aliphatic rings. The van der Waals surface area contributed by atoms with Crippen LogP contribution in [0.25, 0.3) is 10.8 Å². The van der Waals surface area contributed by atoms with Gasteiger partial charge < -0.3 is 10.2 Å². The maximum absolute atomic E-state index is 13.3. The van der Waals surface area contributed by atoms with Gasteiger partial charge in [0.2, 0.25) is 5.91 Å². The van der Waals surface area contributed by atoms with Gasteiger partial charge in [0.1, 0.15) is 0 Å². The van der Waals surface area contributed by atoms with Crippen LogP contribution in [0.15, 0.2) is 42.5 Å². The van der Waals surface area contributed by atoms with E-state index in [4.69, 9.17) is 0 Å². The summed E-state index contributed by atoms with van der Waals surface area (Å²) in [5.41, 5.74) is 0.457. The fourth-order valence-electron chi connectivity index (χ4n) is 4.54. The first-order valence-corrected chi connectivity index (χ1v) is 13.9. The Morgan fingerprint density at radius 2 is 1.79 bits per heavy atom. The predicted octanol–water partition coefficient (Wildman–Crippen LogP) is 2.32.